The van der Waals surface area contributed by atoms with Crippen LogP contribution in [0.25, 0.3) is 11.0 Å². The number of hydrogen-bond donors (Lipinski definition) is 1. The second kappa shape index (κ2) is 7.98. The van der Waals surface area contributed by atoms with Gasteiger partial charge in [0.2, 0.25) is 0 Å². The van der Waals surface area contributed by atoms with Crippen molar-refractivity contribution in [3.63, 3.8) is 0 Å². The molecule has 0 spiro atoms. The molecule has 1 saturated heterocycles. The summed E-state index contributed by atoms with van der Waals surface area (Å²) in [5.41, 5.74) is 1.47. The lowest BCUT2D eigenvalue weighted by Gasteiger charge is -2.25. The molecular formula is C21H24N2O4. The Morgan fingerprint density at radius 2 is 2.04 bits per heavy atom. The van der Waals surface area contributed by atoms with Gasteiger partial charge >= 0.3 is 0 Å². The molecule has 1 N–H and O–H groups in total. The van der Waals surface area contributed by atoms with Gasteiger partial charge in [-0.15, -0.1) is 0 Å². The molecular weight excluding hydrogens is 344 g/mol. The third-order valence-corrected chi connectivity index (χ3v) is 5.10. The molecule has 3 heterocycles. The summed E-state index contributed by atoms with van der Waals surface area (Å²) < 4.78 is 16.7. The van der Waals surface area contributed by atoms with Crippen LogP contribution in [0, 0.1) is 0 Å². The number of fused-ring (bicyclic) bond motifs is 1. The summed E-state index contributed by atoms with van der Waals surface area (Å²) in [5.74, 6) is 0.964. The molecule has 6 heteroatoms. The van der Waals surface area contributed by atoms with Crippen molar-refractivity contribution in [1.82, 2.24) is 10.2 Å². The van der Waals surface area contributed by atoms with Crippen LogP contribution in [0.4, 0.5) is 0 Å². The summed E-state index contributed by atoms with van der Waals surface area (Å²) in [6, 6.07) is 11.5. The van der Waals surface area contributed by atoms with Gasteiger partial charge < -0.3 is 18.9 Å². The molecule has 2 aromatic heterocycles. The van der Waals surface area contributed by atoms with Crippen LogP contribution in [0.5, 0.6) is 0 Å². The Labute approximate surface area is 158 Å². The van der Waals surface area contributed by atoms with E-state index in [0.717, 1.165) is 29.8 Å². The third-order valence-electron chi connectivity index (χ3n) is 5.10. The predicted molar refractivity (Wildman–Crippen MR) is 102 cm³/mol. The molecule has 1 amide bonds. The SMILES string of the molecule is COCc1c(C(=O)NCC(c2ccco2)N2CCCC2)oc2ccccc12. The Bertz CT molecular complexity index is 894. The van der Waals surface area contributed by atoms with E-state index >= 15 is 0 Å². The highest BCUT2D eigenvalue weighted by Gasteiger charge is 2.27. The van der Waals surface area contributed by atoms with Gasteiger partial charge in [0.15, 0.2) is 5.76 Å². The molecule has 3 aromatic rings. The van der Waals surface area contributed by atoms with Gasteiger partial charge in [0.1, 0.15) is 11.3 Å². The molecule has 1 aliphatic rings. The summed E-state index contributed by atoms with van der Waals surface area (Å²) in [7, 11) is 1.61. The van der Waals surface area contributed by atoms with Crippen LogP contribution in [0.15, 0.2) is 51.5 Å². The molecule has 0 bridgehead atoms. The van der Waals surface area contributed by atoms with Crippen molar-refractivity contribution in [2.45, 2.75) is 25.5 Å². The molecule has 27 heavy (non-hydrogen) atoms. The maximum Gasteiger partial charge on any atom is 0.287 e. The number of nitrogens with one attached hydrogen (secondary N) is 1. The summed E-state index contributed by atoms with van der Waals surface area (Å²) in [4.78, 5) is 15.2. The fourth-order valence-electron chi connectivity index (χ4n) is 3.78. The number of methoxy groups -OCH3 is 1. The Morgan fingerprint density at radius 1 is 1.22 bits per heavy atom. The maximum atomic E-state index is 12.9. The van der Waals surface area contributed by atoms with Crippen molar-refractivity contribution in [3.05, 3.63) is 59.7 Å². The molecule has 142 valence electrons. The molecule has 1 aliphatic heterocycles. The molecule has 4 rings (SSSR count). The van der Waals surface area contributed by atoms with E-state index in [-0.39, 0.29) is 11.9 Å². The minimum absolute atomic E-state index is 0.0294. The Kier molecular flexibility index (Phi) is 5.27. The highest BCUT2D eigenvalue weighted by atomic mass is 16.5. The monoisotopic (exact) mass is 368 g/mol. The highest BCUT2D eigenvalue weighted by molar-refractivity contribution is 5.99. The van der Waals surface area contributed by atoms with E-state index in [1.165, 1.54) is 12.8 Å². The van der Waals surface area contributed by atoms with Crippen LogP contribution >= 0.6 is 0 Å². The Hall–Kier alpha value is -2.57. The lowest BCUT2D eigenvalue weighted by Crippen LogP contribution is -2.36. The van der Waals surface area contributed by atoms with Crippen LogP contribution in [-0.2, 0) is 11.3 Å². The maximum absolute atomic E-state index is 12.9. The fraction of sp³-hybridized carbons (Fsp3) is 0.381. The number of likely N-dealkylation sites (tertiary alicyclic amines) is 1. The van der Waals surface area contributed by atoms with Crippen LogP contribution < -0.4 is 5.32 Å². The molecule has 0 aliphatic carbocycles. The van der Waals surface area contributed by atoms with Crippen molar-refractivity contribution in [3.8, 4) is 0 Å². The van der Waals surface area contributed by atoms with Gasteiger partial charge in [0, 0.05) is 24.6 Å². The zero-order chi connectivity index (χ0) is 18.6. The largest absolute Gasteiger partial charge is 0.468 e. The van der Waals surface area contributed by atoms with Gasteiger partial charge in [-0.25, -0.2) is 0 Å². The number of carbonyl (C=O) groups excluding carboxylic acids is 1. The van der Waals surface area contributed by atoms with Gasteiger partial charge in [-0.1, -0.05) is 18.2 Å². The van der Waals surface area contributed by atoms with Gasteiger partial charge in [0.25, 0.3) is 5.91 Å². The Morgan fingerprint density at radius 3 is 2.78 bits per heavy atom. The van der Waals surface area contributed by atoms with E-state index in [9.17, 15) is 4.79 Å². The van der Waals surface area contributed by atoms with Gasteiger partial charge in [0.05, 0.1) is 18.9 Å². The number of ether oxygens (including phenoxy) is 1. The number of nitrogens with zero attached hydrogens (tertiary/aromatic N) is 1. The first-order valence-corrected chi connectivity index (χ1v) is 9.33. The van der Waals surface area contributed by atoms with E-state index in [1.807, 2.05) is 36.4 Å². The zero-order valence-electron chi connectivity index (χ0n) is 15.4. The molecule has 1 unspecified atom stereocenters. The minimum atomic E-state index is -0.228. The van der Waals surface area contributed by atoms with E-state index in [2.05, 4.69) is 10.2 Å². The molecule has 6 nitrogen and oxygen atoms in total. The number of para-hydroxylation sites is 1. The predicted octanol–water partition coefficient (Wildman–Crippen LogP) is 3.74. The fourth-order valence-corrected chi connectivity index (χ4v) is 3.78. The highest BCUT2D eigenvalue weighted by Crippen LogP contribution is 2.28. The van der Waals surface area contributed by atoms with Crippen LogP contribution in [0.1, 0.15) is 40.8 Å². The first kappa shape index (κ1) is 17.8. The number of furan rings is 2. The van der Waals surface area contributed by atoms with E-state index in [4.69, 9.17) is 13.6 Å². The smallest absolute Gasteiger partial charge is 0.287 e. The van der Waals surface area contributed by atoms with Crippen LogP contribution in [0.3, 0.4) is 0 Å². The van der Waals surface area contributed by atoms with Crippen LogP contribution in [-0.4, -0.2) is 37.6 Å². The number of rotatable bonds is 7. The first-order chi connectivity index (χ1) is 13.3. The summed E-state index contributed by atoms with van der Waals surface area (Å²) in [5, 5.41) is 3.94. The molecule has 1 atom stereocenters. The quantitative estimate of drug-likeness (QED) is 0.688. The standard InChI is InChI=1S/C21H24N2O4/c1-25-14-16-15-7-2-3-8-18(15)27-20(16)21(24)22-13-17(19-9-6-12-26-19)23-10-4-5-11-23/h2-3,6-9,12,17H,4-5,10-11,13-14H2,1H3,(H,22,24). The summed E-state index contributed by atoms with van der Waals surface area (Å²) in [6.45, 7) is 2.82. The summed E-state index contributed by atoms with van der Waals surface area (Å²) in [6.07, 6.45) is 4.02. The van der Waals surface area contributed by atoms with Gasteiger partial charge in [-0.05, 0) is 44.1 Å². The molecule has 0 radical (unpaired) electrons. The lowest BCUT2D eigenvalue weighted by atomic mass is 10.1. The van der Waals surface area contributed by atoms with Gasteiger partial charge in [-0.3, -0.25) is 9.69 Å². The van der Waals surface area contributed by atoms with Crippen molar-refractivity contribution in [2.24, 2.45) is 0 Å². The van der Waals surface area contributed by atoms with E-state index in [1.54, 1.807) is 13.4 Å². The van der Waals surface area contributed by atoms with Crippen LogP contribution in [0.2, 0.25) is 0 Å². The van der Waals surface area contributed by atoms with Crippen molar-refractivity contribution < 1.29 is 18.4 Å². The van der Waals surface area contributed by atoms with Gasteiger partial charge in [-0.2, -0.15) is 0 Å². The van der Waals surface area contributed by atoms with Crippen molar-refractivity contribution >= 4 is 16.9 Å². The lowest BCUT2D eigenvalue weighted by molar-refractivity contribution is 0.0901. The first-order valence-electron chi connectivity index (χ1n) is 9.33. The number of carbonyl (C=O) groups is 1. The van der Waals surface area contributed by atoms with E-state index < -0.39 is 0 Å². The molecule has 1 fully saturated rings. The number of amides is 1. The van der Waals surface area contributed by atoms with Crippen molar-refractivity contribution in [1.29, 1.82) is 0 Å². The topological polar surface area (TPSA) is 67.8 Å². The van der Waals surface area contributed by atoms with Crippen molar-refractivity contribution in [2.75, 3.05) is 26.7 Å². The molecule has 1 aromatic carbocycles. The normalized spacial score (nSPS) is 16.0. The average molecular weight is 368 g/mol. The molecule has 0 saturated carbocycles. The average Bonchev–Trinajstić information content (AvgIpc) is 3.44. The summed E-state index contributed by atoms with van der Waals surface area (Å²) >= 11 is 0. The van der Waals surface area contributed by atoms with E-state index in [0.29, 0.717) is 24.5 Å². The second-order valence-electron chi connectivity index (χ2n) is 6.82. The number of hydrogen-bond acceptors (Lipinski definition) is 5. The second-order valence-corrected chi connectivity index (χ2v) is 6.82. The third kappa shape index (κ3) is 3.63. The zero-order valence-corrected chi connectivity index (χ0v) is 15.4. The number of benzene rings is 1. The Balaban J connectivity index is 1.54. The minimum Gasteiger partial charge on any atom is -0.468 e.